The summed E-state index contributed by atoms with van der Waals surface area (Å²) in [5.74, 6) is -0.525. The molecule has 0 atom stereocenters. The van der Waals surface area contributed by atoms with Gasteiger partial charge in [0.05, 0.1) is 9.93 Å². The van der Waals surface area contributed by atoms with Crippen molar-refractivity contribution in [3.8, 4) is 11.3 Å². The lowest BCUT2D eigenvalue weighted by Gasteiger charge is -2.09. The van der Waals surface area contributed by atoms with E-state index >= 15 is 0 Å². The standard InChI is InChI=1S/C16H10ClNO4S2/c17-11-4-2-1-3-10(11)12-6-5-9(22-12)7-13-15(21)18(8-14(19)20)16(23)24-13/h1-7H,8H2,(H,19,20)/b13-7-. The minimum absolute atomic E-state index is 0.214. The van der Waals surface area contributed by atoms with Crippen LogP contribution in [0.5, 0.6) is 0 Å². The monoisotopic (exact) mass is 379 g/mol. The molecule has 0 aliphatic carbocycles. The van der Waals surface area contributed by atoms with Crippen LogP contribution in [0, 0.1) is 0 Å². The summed E-state index contributed by atoms with van der Waals surface area (Å²) in [4.78, 5) is 24.4. The predicted molar refractivity (Wildman–Crippen MR) is 96.7 cm³/mol. The maximum atomic E-state index is 12.2. The lowest BCUT2D eigenvalue weighted by molar-refractivity contribution is -0.140. The van der Waals surface area contributed by atoms with Gasteiger partial charge in [0, 0.05) is 11.6 Å². The van der Waals surface area contributed by atoms with E-state index in [2.05, 4.69) is 0 Å². The van der Waals surface area contributed by atoms with Crippen molar-refractivity contribution in [3.05, 3.63) is 52.1 Å². The molecule has 1 aliphatic rings. The summed E-state index contributed by atoms with van der Waals surface area (Å²) in [5.41, 5.74) is 0.747. The molecule has 2 aromatic rings. The highest BCUT2D eigenvalue weighted by molar-refractivity contribution is 8.26. The van der Waals surface area contributed by atoms with E-state index in [1.165, 1.54) is 0 Å². The number of hydrogen-bond acceptors (Lipinski definition) is 5. The molecule has 8 heteroatoms. The summed E-state index contributed by atoms with van der Waals surface area (Å²) in [7, 11) is 0. The van der Waals surface area contributed by atoms with Gasteiger partial charge in [0.25, 0.3) is 5.91 Å². The molecule has 3 rings (SSSR count). The van der Waals surface area contributed by atoms with E-state index in [9.17, 15) is 9.59 Å². The van der Waals surface area contributed by atoms with E-state index in [-0.39, 0.29) is 4.32 Å². The fourth-order valence-corrected chi connectivity index (χ4v) is 3.60. The van der Waals surface area contributed by atoms with Crippen molar-refractivity contribution in [1.82, 2.24) is 4.90 Å². The zero-order chi connectivity index (χ0) is 17.3. The second-order valence-corrected chi connectivity index (χ2v) is 6.93. The van der Waals surface area contributed by atoms with Gasteiger partial charge in [-0.1, -0.05) is 47.7 Å². The third kappa shape index (κ3) is 3.38. The summed E-state index contributed by atoms with van der Waals surface area (Å²) in [6.45, 7) is -0.453. The Labute approximate surface area is 151 Å². The molecule has 5 nitrogen and oxygen atoms in total. The van der Waals surface area contributed by atoms with Gasteiger partial charge < -0.3 is 9.52 Å². The van der Waals surface area contributed by atoms with E-state index in [1.54, 1.807) is 24.3 Å². The number of furan rings is 1. The van der Waals surface area contributed by atoms with Gasteiger partial charge in [-0.3, -0.25) is 14.5 Å². The van der Waals surface area contributed by atoms with Gasteiger partial charge in [-0.2, -0.15) is 0 Å². The van der Waals surface area contributed by atoms with Crippen LogP contribution < -0.4 is 0 Å². The molecule has 1 aromatic heterocycles. The first-order valence-corrected chi connectivity index (χ1v) is 8.38. The third-order valence-corrected chi connectivity index (χ3v) is 4.91. The highest BCUT2D eigenvalue weighted by atomic mass is 35.5. The summed E-state index contributed by atoms with van der Waals surface area (Å²) >= 11 is 12.2. The topological polar surface area (TPSA) is 70.8 Å². The predicted octanol–water partition coefficient (Wildman–Crippen LogP) is 3.89. The van der Waals surface area contributed by atoms with Crippen LogP contribution in [0.3, 0.4) is 0 Å². The molecular formula is C16H10ClNO4S2. The average molecular weight is 380 g/mol. The van der Waals surface area contributed by atoms with Gasteiger partial charge in [0.15, 0.2) is 0 Å². The van der Waals surface area contributed by atoms with Crippen LogP contribution in [0.1, 0.15) is 5.76 Å². The molecule has 0 bridgehead atoms. The number of thioether (sulfide) groups is 1. The van der Waals surface area contributed by atoms with Crippen molar-refractivity contribution < 1.29 is 19.1 Å². The van der Waals surface area contributed by atoms with E-state index in [4.69, 9.17) is 33.3 Å². The first-order chi connectivity index (χ1) is 11.5. The van der Waals surface area contributed by atoms with Crippen LogP contribution in [0.4, 0.5) is 0 Å². The third-order valence-electron chi connectivity index (χ3n) is 3.21. The molecule has 1 fully saturated rings. The average Bonchev–Trinajstić information content (AvgIpc) is 3.08. The van der Waals surface area contributed by atoms with Gasteiger partial charge in [-0.25, -0.2) is 0 Å². The molecular weight excluding hydrogens is 370 g/mol. The highest BCUT2D eigenvalue weighted by Gasteiger charge is 2.33. The minimum atomic E-state index is -1.12. The maximum absolute atomic E-state index is 12.2. The number of benzene rings is 1. The molecule has 0 radical (unpaired) electrons. The largest absolute Gasteiger partial charge is 0.480 e. The molecule has 24 heavy (non-hydrogen) atoms. The zero-order valence-corrected chi connectivity index (χ0v) is 14.5. The van der Waals surface area contributed by atoms with Crippen molar-refractivity contribution in [2.24, 2.45) is 0 Å². The quantitative estimate of drug-likeness (QED) is 0.642. The van der Waals surface area contributed by atoms with Gasteiger partial charge in [0.1, 0.15) is 22.4 Å². The molecule has 1 aromatic carbocycles. The number of thiocarbonyl (C=S) groups is 1. The first-order valence-electron chi connectivity index (χ1n) is 6.77. The number of nitrogens with zero attached hydrogens (tertiary/aromatic N) is 1. The Bertz CT molecular complexity index is 874. The number of rotatable bonds is 4. The smallest absolute Gasteiger partial charge is 0.323 e. The normalized spacial score (nSPS) is 16.2. The van der Waals surface area contributed by atoms with E-state index in [1.807, 2.05) is 18.2 Å². The number of aliphatic carboxylic acids is 1. The highest BCUT2D eigenvalue weighted by Crippen LogP contribution is 2.34. The Kier molecular flexibility index (Phi) is 4.75. The molecule has 1 N–H and O–H groups in total. The number of hydrogen-bond donors (Lipinski definition) is 1. The number of halogens is 1. The van der Waals surface area contributed by atoms with Crippen LogP contribution in [-0.4, -0.2) is 32.7 Å². The van der Waals surface area contributed by atoms with Crippen LogP contribution in [0.2, 0.25) is 5.02 Å². The summed E-state index contributed by atoms with van der Waals surface area (Å²) in [6, 6.07) is 10.7. The lowest BCUT2D eigenvalue weighted by atomic mass is 10.2. The summed E-state index contributed by atoms with van der Waals surface area (Å²) < 4.78 is 5.92. The SMILES string of the molecule is O=C(O)CN1C(=O)/C(=C/c2ccc(-c3ccccc3Cl)o2)SC1=S. The van der Waals surface area contributed by atoms with Crippen molar-refractivity contribution in [2.75, 3.05) is 6.54 Å². The second-order valence-electron chi connectivity index (χ2n) is 4.84. The summed E-state index contributed by atoms with van der Waals surface area (Å²) in [6.07, 6.45) is 1.54. The number of amides is 1. The summed E-state index contributed by atoms with van der Waals surface area (Å²) in [5, 5.41) is 9.39. The Morgan fingerprint density at radius 2 is 2.08 bits per heavy atom. The number of carboxylic acids is 1. The van der Waals surface area contributed by atoms with Crippen molar-refractivity contribution >= 4 is 57.9 Å². The molecule has 1 amide bonds. The Morgan fingerprint density at radius 3 is 2.79 bits per heavy atom. The van der Waals surface area contributed by atoms with Crippen molar-refractivity contribution in [3.63, 3.8) is 0 Å². The van der Waals surface area contributed by atoms with Crippen LogP contribution >= 0.6 is 35.6 Å². The van der Waals surface area contributed by atoms with Gasteiger partial charge in [-0.05, 0) is 24.3 Å². The number of carboxylic acid groups (broad SMARTS) is 1. The van der Waals surface area contributed by atoms with Gasteiger partial charge >= 0.3 is 5.97 Å². The molecule has 1 aliphatic heterocycles. The van der Waals surface area contributed by atoms with Crippen molar-refractivity contribution in [2.45, 2.75) is 0 Å². The fraction of sp³-hybridized carbons (Fsp3) is 0.0625. The van der Waals surface area contributed by atoms with Crippen molar-refractivity contribution in [1.29, 1.82) is 0 Å². The molecule has 1 saturated heterocycles. The molecule has 2 heterocycles. The van der Waals surface area contributed by atoms with E-state index < -0.39 is 18.4 Å². The minimum Gasteiger partial charge on any atom is -0.480 e. The molecule has 0 saturated carbocycles. The lowest BCUT2D eigenvalue weighted by Crippen LogP contribution is -2.33. The van der Waals surface area contributed by atoms with Gasteiger partial charge in [0.2, 0.25) is 0 Å². The van der Waals surface area contributed by atoms with Crippen LogP contribution in [0.15, 0.2) is 45.7 Å². The molecule has 122 valence electrons. The van der Waals surface area contributed by atoms with Gasteiger partial charge in [-0.15, -0.1) is 0 Å². The first kappa shape index (κ1) is 16.8. The van der Waals surface area contributed by atoms with Crippen LogP contribution in [0.25, 0.3) is 17.4 Å². The fourth-order valence-electron chi connectivity index (χ4n) is 2.14. The Morgan fingerprint density at radius 1 is 1.33 bits per heavy atom. The second kappa shape index (κ2) is 6.80. The molecule has 0 unspecified atom stereocenters. The zero-order valence-electron chi connectivity index (χ0n) is 12.1. The Hall–Kier alpha value is -2.09. The number of carbonyl (C=O) groups is 2. The van der Waals surface area contributed by atoms with E-state index in [0.29, 0.717) is 21.4 Å². The van der Waals surface area contributed by atoms with E-state index in [0.717, 1.165) is 22.2 Å². The molecule has 0 spiro atoms. The maximum Gasteiger partial charge on any atom is 0.323 e. The van der Waals surface area contributed by atoms with Crippen LogP contribution in [-0.2, 0) is 9.59 Å². The Balaban J connectivity index is 1.85. The number of carbonyl (C=O) groups excluding carboxylic acids is 1.